The van der Waals surface area contributed by atoms with E-state index in [1.54, 1.807) is 13.1 Å². The van der Waals surface area contributed by atoms with Gasteiger partial charge in [0.15, 0.2) is 0 Å². The number of rotatable bonds is 3. The maximum Gasteiger partial charge on any atom is 0.341 e. The first-order valence-electron chi connectivity index (χ1n) is 4.45. The summed E-state index contributed by atoms with van der Waals surface area (Å²) in [6.45, 7) is 0.315. The SMILES string of the molecule is CNC(=O)N(Cc1ccccc1Cl)OC. The monoisotopic (exact) mass is 228 g/mol. The largest absolute Gasteiger partial charge is 0.341 e. The highest BCUT2D eigenvalue weighted by Crippen LogP contribution is 2.16. The molecule has 1 aromatic rings. The Morgan fingerprint density at radius 1 is 1.53 bits per heavy atom. The van der Waals surface area contributed by atoms with Crippen LogP contribution >= 0.6 is 11.6 Å². The zero-order chi connectivity index (χ0) is 11.3. The number of carbonyl (C=O) groups is 1. The molecule has 2 amide bonds. The van der Waals surface area contributed by atoms with Crippen molar-refractivity contribution in [3.63, 3.8) is 0 Å². The quantitative estimate of drug-likeness (QED) is 0.805. The second kappa shape index (κ2) is 5.58. The maximum absolute atomic E-state index is 11.3. The lowest BCUT2D eigenvalue weighted by Gasteiger charge is -2.19. The summed E-state index contributed by atoms with van der Waals surface area (Å²) in [4.78, 5) is 16.2. The van der Waals surface area contributed by atoms with E-state index in [9.17, 15) is 4.79 Å². The average Bonchev–Trinajstić information content (AvgIpc) is 2.27. The summed E-state index contributed by atoms with van der Waals surface area (Å²) in [7, 11) is 2.98. The van der Waals surface area contributed by atoms with Crippen LogP contribution < -0.4 is 5.32 Å². The molecule has 1 rings (SSSR count). The van der Waals surface area contributed by atoms with E-state index in [2.05, 4.69) is 5.32 Å². The molecule has 1 N–H and O–H groups in total. The zero-order valence-electron chi connectivity index (χ0n) is 8.66. The summed E-state index contributed by atoms with van der Waals surface area (Å²) < 4.78 is 0. The van der Waals surface area contributed by atoms with Gasteiger partial charge < -0.3 is 5.32 Å². The molecule has 0 fully saturated rings. The van der Waals surface area contributed by atoms with E-state index >= 15 is 0 Å². The molecular weight excluding hydrogens is 216 g/mol. The molecule has 0 heterocycles. The number of benzene rings is 1. The number of hydroxylamine groups is 2. The lowest BCUT2D eigenvalue weighted by molar-refractivity contribution is -0.0927. The minimum Gasteiger partial charge on any atom is -0.339 e. The normalized spacial score (nSPS) is 9.80. The molecule has 1 aromatic carbocycles. The van der Waals surface area contributed by atoms with Crippen molar-refractivity contribution in [1.82, 2.24) is 10.4 Å². The number of nitrogens with one attached hydrogen (secondary N) is 1. The smallest absolute Gasteiger partial charge is 0.339 e. The third-order valence-corrected chi connectivity index (χ3v) is 2.30. The van der Waals surface area contributed by atoms with Crippen molar-refractivity contribution in [2.24, 2.45) is 0 Å². The van der Waals surface area contributed by atoms with Crippen molar-refractivity contribution in [1.29, 1.82) is 0 Å². The van der Waals surface area contributed by atoms with E-state index in [-0.39, 0.29) is 6.03 Å². The van der Waals surface area contributed by atoms with Gasteiger partial charge in [-0.2, -0.15) is 5.06 Å². The van der Waals surface area contributed by atoms with Crippen molar-refractivity contribution in [3.8, 4) is 0 Å². The van der Waals surface area contributed by atoms with Crippen molar-refractivity contribution < 1.29 is 9.63 Å². The van der Waals surface area contributed by atoms with Crippen LogP contribution in [0.4, 0.5) is 4.79 Å². The van der Waals surface area contributed by atoms with E-state index in [0.29, 0.717) is 11.6 Å². The van der Waals surface area contributed by atoms with Gasteiger partial charge in [-0.05, 0) is 11.6 Å². The van der Waals surface area contributed by atoms with E-state index in [4.69, 9.17) is 16.4 Å². The molecule has 0 aliphatic heterocycles. The lowest BCUT2D eigenvalue weighted by Crippen LogP contribution is -2.36. The van der Waals surface area contributed by atoms with Crippen LogP contribution in [-0.4, -0.2) is 25.3 Å². The number of urea groups is 1. The van der Waals surface area contributed by atoms with Gasteiger partial charge in [0, 0.05) is 12.1 Å². The average molecular weight is 229 g/mol. The first-order valence-corrected chi connectivity index (χ1v) is 4.83. The van der Waals surface area contributed by atoms with Gasteiger partial charge in [0.2, 0.25) is 0 Å². The topological polar surface area (TPSA) is 41.6 Å². The summed E-state index contributed by atoms with van der Waals surface area (Å²) in [5, 5.41) is 4.28. The van der Waals surface area contributed by atoms with Gasteiger partial charge in [0.1, 0.15) is 0 Å². The number of nitrogens with zero attached hydrogens (tertiary/aromatic N) is 1. The van der Waals surface area contributed by atoms with Crippen molar-refractivity contribution in [2.75, 3.05) is 14.2 Å². The van der Waals surface area contributed by atoms with Gasteiger partial charge in [-0.15, -0.1) is 0 Å². The third-order valence-electron chi connectivity index (χ3n) is 1.93. The molecule has 82 valence electrons. The van der Waals surface area contributed by atoms with Crippen LogP contribution in [0.3, 0.4) is 0 Å². The summed E-state index contributed by atoms with van der Waals surface area (Å²) in [6, 6.07) is 7.01. The Morgan fingerprint density at radius 3 is 2.73 bits per heavy atom. The fraction of sp³-hybridized carbons (Fsp3) is 0.300. The summed E-state index contributed by atoms with van der Waals surface area (Å²) >= 11 is 5.96. The van der Waals surface area contributed by atoms with Crippen molar-refractivity contribution in [3.05, 3.63) is 34.9 Å². The molecule has 0 aliphatic carbocycles. The van der Waals surface area contributed by atoms with Crippen LogP contribution in [0.5, 0.6) is 0 Å². The Bertz CT molecular complexity index is 344. The molecule has 15 heavy (non-hydrogen) atoms. The minimum absolute atomic E-state index is 0.308. The fourth-order valence-electron chi connectivity index (χ4n) is 1.13. The van der Waals surface area contributed by atoms with E-state index in [1.165, 1.54) is 12.2 Å². The second-order valence-electron chi connectivity index (χ2n) is 2.87. The molecule has 0 aromatic heterocycles. The van der Waals surface area contributed by atoms with Gasteiger partial charge in [-0.3, -0.25) is 4.84 Å². The standard InChI is InChI=1S/C10H13ClN2O2/c1-12-10(14)13(15-2)7-8-5-3-4-6-9(8)11/h3-6H,7H2,1-2H3,(H,12,14). The first kappa shape index (κ1) is 11.8. The molecule has 0 spiro atoms. The summed E-state index contributed by atoms with van der Waals surface area (Å²) in [5.74, 6) is 0. The highest BCUT2D eigenvalue weighted by molar-refractivity contribution is 6.31. The molecule has 4 nitrogen and oxygen atoms in total. The molecule has 0 radical (unpaired) electrons. The third kappa shape index (κ3) is 3.11. The van der Waals surface area contributed by atoms with E-state index < -0.39 is 0 Å². The van der Waals surface area contributed by atoms with Crippen LogP contribution in [0, 0.1) is 0 Å². The number of hydrogen-bond acceptors (Lipinski definition) is 2. The first-order chi connectivity index (χ1) is 7.19. The highest BCUT2D eigenvalue weighted by Gasteiger charge is 2.12. The Kier molecular flexibility index (Phi) is 4.39. The molecular formula is C10H13ClN2O2. The van der Waals surface area contributed by atoms with Crippen molar-refractivity contribution >= 4 is 17.6 Å². The number of hydrogen-bond donors (Lipinski definition) is 1. The molecule has 0 saturated carbocycles. The Morgan fingerprint density at radius 2 is 2.20 bits per heavy atom. The number of amides is 2. The van der Waals surface area contributed by atoms with Crippen LogP contribution in [0.1, 0.15) is 5.56 Å². The van der Waals surface area contributed by atoms with Gasteiger partial charge in [-0.1, -0.05) is 29.8 Å². The van der Waals surface area contributed by atoms with Gasteiger partial charge in [0.05, 0.1) is 13.7 Å². The predicted molar refractivity (Wildman–Crippen MR) is 58.5 cm³/mol. The Hall–Kier alpha value is -1.26. The van der Waals surface area contributed by atoms with E-state index in [1.807, 2.05) is 18.2 Å². The highest BCUT2D eigenvalue weighted by atomic mass is 35.5. The second-order valence-corrected chi connectivity index (χ2v) is 3.27. The predicted octanol–water partition coefficient (Wildman–Crippen LogP) is 2.04. The zero-order valence-corrected chi connectivity index (χ0v) is 9.41. The number of carbonyl (C=O) groups excluding carboxylic acids is 1. The molecule has 5 heteroatoms. The molecule has 0 saturated heterocycles. The fourth-order valence-corrected chi connectivity index (χ4v) is 1.32. The van der Waals surface area contributed by atoms with Crippen molar-refractivity contribution in [2.45, 2.75) is 6.54 Å². The molecule has 0 bridgehead atoms. The van der Waals surface area contributed by atoms with Gasteiger partial charge in [-0.25, -0.2) is 4.79 Å². The van der Waals surface area contributed by atoms with Crippen LogP contribution in [0.25, 0.3) is 0 Å². The van der Waals surface area contributed by atoms with Crippen LogP contribution in [0.15, 0.2) is 24.3 Å². The number of halogens is 1. The minimum atomic E-state index is -0.308. The van der Waals surface area contributed by atoms with Gasteiger partial charge >= 0.3 is 6.03 Å². The van der Waals surface area contributed by atoms with Crippen LogP contribution in [-0.2, 0) is 11.4 Å². The van der Waals surface area contributed by atoms with Crippen LogP contribution in [0.2, 0.25) is 5.02 Å². The summed E-state index contributed by atoms with van der Waals surface area (Å²) in [6.07, 6.45) is 0. The van der Waals surface area contributed by atoms with E-state index in [0.717, 1.165) is 5.56 Å². The summed E-state index contributed by atoms with van der Waals surface area (Å²) in [5.41, 5.74) is 0.838. The molecule has 0 unspecified atom stereocenters. The lowest BCUT2D eigenvalue weighted by atomic mass is 10.2. The Labute approximate surface area is 93.7 Å². The maximum atomic E-state index is 11.3. The Balaban J connectivity index is 2.75. The molecule has 0 atom stereocenters. The molecule has 0 aliphatic rings. The van der Waals surface area contributed by atoms with Gasteiger partial charge in [0.25, 0.3) is 0 Å².